The van der Waals surface area contributed by atoms with Crippen molar-refractivity contribution in [2.24, 2.45) is 0 Å². The van der Waals surface area contributed by atoms with Gasteiger partial charge in [0.1, 0.15) is 17.8 Å². The Bertz CT molecular complexity index is 320. The van der Waals surface area contributed by atoms with E-state index < -0.39 is 5.54 Å². The molecule has 0 spiro atoms. The Hall–Kier alpha value is -1.10. The largest absolute Gasteiger partial charge is 0.494 e. The molecule has 0 unspecified atom stereocenters. The summed E-state index contributed by atoms with van der Waals surface area (Å²) < 4.78 is 5.36. The van der Waals surface area contributed by atoms with Crippen molar-refractivity contribution < 1.29 is 20.3 Å². The molecule has 4 heteroatoms. The van der Waals surface area contributed by atoms with Crippen LogP contribution >= 0.6 is 0 Å². The molecule has 0 saturated heterocycles. The monoisotopic (exact) mass is 240 g/mol. The second kappa shape index (κ2) is 6.59. The fraction of sp³-hybridized carbons (Fsp3) is 0.538. The van der Waals surface area contributed by atoms with Crippen molar-refractivity contribution in [1.29, 1.82) is 0 Å². The van der Waals surface area contributed by atoms with Crippen LogP contribution in [0.5, 0.6) is 5.75 Å². The van der Waals surface area contributed by atoms with Crippen LogP contribution in [-0.2, 0) is 6.54 Å². The molecule has 0 aliphatic heterocycles. The van der Waals surface area contributed by atoms with Crippen LogP contribution in [0.1, 0.15) is 19.4 Å². The lowest BCUT2D eigenvalue weighted by atomic mass is 10.0. The number of aliphatic hydroxyl groups is 2. The van der Waals surface area contributed by atoms with Gasteiger partial charge in [-0.2, -0.15) is 0 Å². The van der Waals surface area contributed by atoms with E-state index in [1.165, 1.54) is 0 Å². The molecule has 0 atom stereocenters. The van der Waals surface area contributed by atoms with Gasteiger partial charge in [0, 0.05) is 5.56 Å². The molecule has 0 aliphatic carbocycles. The molecular formula is C13H22NO3+. The molecule has 17 heavy (non-hydrogen) atoms. The lowest BCUT2D eigenvalue weighted by Crippen LogP contribution is -2.97. The van der Waals surface area contributed by atoms with Crippen LogP contribution in [0.3, 0.4) is 0 Å². The molecular weight excluding hydrogens is 218 g/mol. The summed E-state index contributed by atoms with van der Waals surface area (Å²) in [7, 11) is 0. The SMILES string of the molecule is CCOc1ccc(C[NH2+]C(C)(CO)CO)cc1. The van der Waals surface area contributed by atoms with E-state index in [4.69, 9.17) is 14.9 Å². The van der Waals surface area contributed by atoms with E-state index in [0.717, 1.165) is 17.9 Å². The van der Waals surface area contributed by atoms with E-state index in [0.29, 0.717) is 6.61 Å². The number of nitrogens with two attached hydrogens (primary N) is 1. The molecule has 0 fully saturated rings. The number of quaternary nitrogens is 1. The first kappa shape index (κ1) is 14.0. The van der Waals surface area contributed by atoms with E-state index >= 15 is 0 Å². The summed E-state index contributed by atoms with van der Waals surface area (Å²) in [5.74, 6) is 0.864. The van der Waals surface area contributed by atoms with E-state index in [1.54, 1.807) is 0 Å². The predicted molar refractivity (Wildman–Crippen MR) is 65.8 cm³/mol. The van der Waals surface area contributed by atoms with Gasteiger partial charge < -0.3 is 20.3 Å². The molecule has 0 saturated carbocycles. The third-order valence-electron chi connectivity index (χ3n) is 2.79. The summed E-state index contributed by atoms with van der Waals surface area (Å²) in [5, 5.41) is 20.3. The summed E-state index contributed by atoms with van der Waals surface area (Å²) in [5.41, 5.74) is 0.625. The quantitative estimate of drug-likeness (QED) is 0.623. The first-order valence-corrected chi connectivity index (χ1v) is 5.91. The van der Waals surface area contributed by atoms with Crippen LogP contribution in [0.4, 0.5) is 0 Å². The fourth-order valence-electron chi connectivity index (χ4n) is 1.43. The van der Waals surface area contributed by atoms with Crippen molar-refractivity contribution >= 4 is 0 Å². The van der Waals surface area contributed by atoms with Gasteiger partial charge >= 0.3 is 0 Å². The van der Waals surface area contributed by atoms with Crippen molar-refractivity contribution in [2.75, 3.05) is 19.8 Å². The molecule has 0 heterocycles. The zero-order chi connectivity index (χ0) is 12.7. The van der Waals surface area contributed by atoms with Crippen molar-refractivity contribution in [1.82, 2.24) is 0 Å². The maximum absolute atomic E-state index is 9.17. The zero-order valence-electron chi connectivity index (χ0n) is 10.5. The summed E-state index contributed by atoms with van der Waals surface area (Å²) in [6, 6.07) is 7.86. The molecule has 1 aromatic rings. The van der Waals surface area contributed by atoms with Gasteiger partial charge in [0.2, 0.25) is 0 Å². The van der Waals surface area contributed by atoms with Crippen molar-refractivity contribution in [2.45, 2.75) is 25.9 Å². The first-order valence-electron chi connectivity index (χ1n) is 5.91. The van der Waals surface area contributed by atoms with Gasteiger partial charge in [0.15, 0.2) is 0 Å². The number of hydrogen-bond donors (Lipinski definition) is 3. The van der Waals surface area contributed by atoms with E-state index in [-0.39, 0.29) is 13.2 Å². The highest BCUT2D eigenvalue weighted by atomic mass is 16.5. The topological polar surface area (TPSA) is 66.3 Å². The number of rotatable bonds is 7. The minimum atomic E-state index is -0.515. The van der Waals surface area contributed by atoms with E-state index in [1.807, 2.05) is 43.4 Å². The van der Waals surface area contributed by atoms with Gasteiger partial charge in [0.05, 0.1) is 19.8 Å². The average molecular weight is 240 g/mol. The third kappa shape index (κ3) is 4.34. The molecule has 0 aliphatic rings. The molecule has 4 N–H and O–H groups in total. The number of aliphatic hydroxyl groups excluding tert-OH is 2. The predicted octanol–water partition coefficient (Wildman–Crippen LogP) is -0.108. The highest BCUT2D eigenvalue weighted by Gasteiger charge is 2.25. The first-order chi connectivity index (χ1) is 8.13. The van der Waals surface area contributed by atoms with Gasteiger partial charge in [-0.05, 0) is 38.1 Å². The second-order valence-electron chi connectivity index (χ2n) is 4.46. The van der Waals surface area contributed by atoms with Gasteiger partial charge in [-0.25, -0.2) is 0 Å². The summed E-state index contributed by atoms with van der Waals surface area (Å²) in [4.78, 5) is 0. The fourth-order valence-corrected chi connectivity index (χ4v) is 1.43. The minimum absolute atomic E-state index is 0.0411. The number of benzene rings is 1. The smallest absolute Gasteiger partial charge is 0.140 e. The highest BCUT2D eigenvalue weighted by molar-refractivity contribution is 5.26. The third-order valence-corrected chi connectivity index (χ3v) is 2.79. The minimum Gasteiger partial charge on any atom is -0.494 e. The summed E-state index contributed by atoms with van der Waals surface area (Å²) >= 11 is 0. The van der Waals surface area contributed by atoms with E-state index in [2.05, 4.69) is 0 Å². The Labute approximate surface area is 102 Å². The standard InChI is InChI=1S/C13H21NO3/c1-3-17-12-6-4-11(5-7-12)8-14-13(2,9-15)10-16/h4-7,14-16H,3,8-10H2,1-2H3/p+1. The lowest BCUT2D eigenvalue weighted by Gasteiger charge is -2.22. The molecule has 96 valence electrons. The Balaban J connectivity index is 2.52. The molecule has 1 rings (SSSR count). The molecule has 4 nitrogen and oxygen atoms in total. The molecule has 0 bridgehead atoms. The highest BCUT2D eigenvalue weighted by Crippen LogP contribution is 2.11. The number of ether oxygens (including phenoxy) is 1. The molecule has 0 radical (unpaired) electrons. The lowest BCUT2D eigenvalue weighted by molar-refractivity contribution is -0.741. The van der Waals surface area contributed by atoms with Crippen molar-refractivity contribution in [3.8, 4) is 5.75 Å². The van der Waals surface area contributed by atoms with Crippen LogP contribution in [0, 0.1) is 0 Å². The van der Waals surface area contributed by atoms with Crippen LogP contribution in [0.15, 0.2) is 24.3 Å². The Morgan fingerprint density at radius 2 is 1.76 bits per heavy atom. The maximum Gasteiger partial charge on any atom is 0.140 e. The Kier molecular flexibility index (Phi) is 5.41. The Morgan fingerprint density at radius 1 is 1.18 bits per heavy atom. The van der Waals surface area contributed by atoms with Gasteiger partial charge in [-0.15, -0.1) is 0 Å². The zero-order valence-corrected chi connectivity index (χ0v) is 10.5. The van der Waals surface area contributed by atoms with Crippen molar-refractivity contribution in [3.05, 3.63) is 29.8 Å². The molecule has 0 amide bonds. The van der Waals surface area contributed by atoms with Crippen LogP contribution < -0.4 is 10.1 Å². The van der Waals surface area contributed by atoms with Crippen molar-refractivity contribution in [3.63, 3.8) is 0 Å². The van der Waals surface area contributed by atoms with Gasteiger partial charge in [0.25, 0.3) is 0 Å². The summed E-state index contributed by atoms with van der Waals surface area (Å²) in [6.45, 7) is 5.10. The Morgan fingerprint density at radius 3 is 2.24 bits per heavy atom. The summed E-state index contributed by atoms with van der Waals surface area (Å²) in [6.07, 6.45) is 0. The number of hydrogen-bond acceptors (Lipinski definition) is 3. The van der Waals surface area contributed by atoms with Gasteiger partial charge in [-0.1, -0.05) is 0 Å². The van der Waals surface area contributed by atoms with E-state index in [9.17, 15) is 0 Å². The second-order valence-corrected chi connectivity index (χ2v) is 4.46. The van der Waals surface area contributed by atoms with Crippen LogP contribution in [-0.4, -0.2) is 35.6 Å². The van der Waals surface area contributed by atoms with Crippen LogP contribution in [0.25, 0.3) is 0 Å². The average Bonchev–Trinajstić information content (AvgIpc) is 2.38. The normalized spacial score (nSPS) is 11.5. The van der Waals surface area contributed by atoms with Crippen LogP contribution in [0.2, 0.25) is 0 Å². The molecule has 0 aromatic heterocycles. The maximum atomic E-state index is 9.17. The molecule has 1 aromatic carbocycles. The van der Waals surface area contributed by atoms with Gasteiger partial charge in [-0.3, -0.25) is 0 Å².